The molecule has 0 N–H and O–H groups in total. The molecule has 4 heteroatoms. The minimum atomic E-state index is 0.619. The maximum Gasteiger partial charge on any atom is 0.209 e. The van der Waals surface area contributed by atoms with E-state index in [1.54, 1.807) is 11.8 Å². The lowest BCUT2D eigenvalue weighted by molar-refractivity contribution is 0.782. The molecule has 1 heterocycles. The Morgan fingerprint density at radius 3 is 2.71 bits per heavy atom. The molecular formula is C13H15N3S. The summed E-state index contributed by atoms with van der Waals surface area (Å²) < 4.78 is 2.01. The molecule has 3 rings (SSSR count). The molecule has 0 atom stereocenters. The summed E-state index contributed by atoms with van der Waals surface area (Å²) in [7, 11) is 0. The van der Waals surface area contributed by atoms with Gasteiger partial charge in [0.2, 0.25) is 5.16 Å². The van der Waals surface area contributed by atoms with Crippen LogP contribution in [0, 0.1) is 0 Å². The van der Waals surface area contributed by atoms with E-state index in [0.717, 1.165) is 22.4 Å². The number of nitrogens with zero attached hydrogens (tertiary/aromatic N) is 3. The number of para-hydroxylation sites is 1. The molecule has 1 aromatic carbocycles. The zero-order chi connectivity index (χ0) is 11.7. The summed E-state index contributed by atoms with van der Waals surface area (Å²) in [5.74, 6) is 2.77. The van der Waals surface area contributed by atoms with Crippen LogP contribution in [0.3, 0.4) is 0 Å². The molecule has 0 bridgehead atoms. The van der Waals surface area contributed by atoms with Crippen LogP contribution in [0.5, 0.6) is 0 Å². The van der Waals surface area contributed by atoms with Gasteiger partial charge in [-0.1, -0.05) is 36.9 Å². The Hall–Kier alpha value is -1.29. The number of hydrogen-bond donors (Lipinski definition) is 0. The SMILES string of the molecule is CCSc1nc(C2CC2)n(-c2ccccc2)n1. The zero-order valence-corrected chi connectivity index (χ0v) is 10.7. The first kappa shape index (κ1) is 10.8. The molecule has 3 nitrogen and oxygen atoms in total. The highest BCUT2D eigenvalue weighted by molar-refractivity contribution is 7.99. The highest BCUT2D eigenvalue weighted by Gasteiger charge is 2.30. The fourth-order valence-electron chi connectivity index (χ4n) is 1.86. The summed E-state index contributed by atoms with van der Waals surface area (Å²) in [6.45, 7) is 2.13. The Balaban J connectivity index is 2.02. The van der Waals surface area contributed by atoms with Crippen molar-refractivity contribution in [3.05, 3.63) is 36.2 Å². The predicted molar refractivity (Wildman–Crippen MR) is 69.7 cm³/mol. The van der Waals surface area contributed by atoms with Gasteiger partial charge in [0.05, 0.1) is 5.69 Å². The van der Waals surface area contributed by atoms with E-state index in [9.17, 15) is 0 Å². The smallest absolute Gasteiger partial charge is 0.209 e. The Bertz CT molecular complexity index is 503. The Morgan fingerprint density at radius 1 is 1.29 bits per heavy atom. The van der Waals surface area contributed by atoms with Gasteiger partial charge in [-0.05, 0) is 30.7 Å². The van der Waals surface area contributed by atoms with Gasteiger partial charge in [-0.2, -0.15) is 0 Å². The standard InChI is InChI=1S/C13H15N3S/c1-2-17-13-14-12(10-8-9-10)16(15-13)11-6-4-3-5-7-11/h3-7,10H,2,8-9H2,1H3. The molecule has 0 unspecified atom stereocenters. The summed E-state index contributed by atoms with van der Waals surface area (Å²) in [6, 6.07) is 10.3. The summed E-state index contributed by atoms with van der Waals surface area (Å²) in [6.07, 6.45) is 2.50. The van der Waals surface area contributed by atoms with E-state index in [-0.39, 0.29) is 0 Å². The number of aromatic nitrogens is 3. The largest absolute Gasteiger partial charge is 0.216 e. The number of hydrogen-bond acceptors (Lipinski definition) is 3. The van der Waals surface area contributed by atoms with Crippen LogP contribution in [-0.2, 0) is 0 Å². The molecule has 88 valence electrons. The lowest BCUT2D eigenvalue weighted by Gasteiger charge is -2.03. The van der Waals surface area contributed by atoms with Crippen molar-refractivity contribution in [2.24, 2.45) is 0 Å². The molecule has 1 fully saturated rings. The first-order valence-corrected chi connectivity index (χ1v) is 7.02. The van der Waals surface area contributed by atoms with Gasteiger partial charge in [-0.25, -0.2) is 9.67 Å². The van der Waals surface area contributed by atoms with Crippen LogP contribution in [0.4, 0.5) is 0 Å². The van der Waals surface area contributed by atoms with E-state index in [2.05, 4.69) is 29.1 Å². The predicted octanol–water partition coefficient (Wildman–Crippen LogP) is 3.26. The van der Waals surface area contributed by atoms with Gasteiger partial charge in [-0.3, -0.25) is 0 Å². The molecular weight excluding hydrogens is 230 g/mol. The molecule has 17 heavy (non-hydrogen) atoms. The quantitative estimate of drug-likeness (QED) is 0.775. The monoisotopic (exact) mass is 245 g/mol. The summed E-state index contributed by atoms with van der Waals surface area (Å²) in [4.78, 5) is 4.65. The second kappa shape index (κ2) is 4.53. The van der Waals surface area contributed by atoms with E-state index in [4.69, 9.17) is 0 Å². The van der Waals surface area contributed by atoms with Gasteiger partial charge in [-0.15, -0.1) is 5.10 Å². The van der Waals surface area contributed by atoms with Crippen LogP contribution in [0.1, 0.15) is 31.5 Å². The van der Waals surface area contributed by atoms with E-state index in [0.29, 0.717) is 5.92 Å². The molecule has 0 radical (unpaired) electrons. The van der Waals surface area contributed by atoms with Gasteiger partial charge in [0.1, 0.15) is 5.82 Å². The third-order valence-electron chi connectivity index (χ3n) is 2.83. The highest BCUT2D eigenvalue weighted by Crippen LogP contribution is 2.40. The molecule has 1 aliphatic carbocycles. The maximum absolute atomic E-state index is 4.65. The molecule has 0 amide bonds. The topological polar surface area (TPSA) is 30.7 Å². The first-order chi connectivity index (χ1) is 8.38. The highest BCUT2D eigenvalue weighted by atomic mass is 32.2. The Morgan fingerprint density at radius 2 is 2.06 bits per heavy atom. The van der Waals surface area contributed by atoms with Crippen molar-refractivity contribution < 1.29 is 0 Å². The van der Waals surface area contributed by atoms with Crippen LogP contribution >= 0.6 is 11.8 Å². The van der Waals surface area contributed by atoms with Crippen molar-refractivity contribution in [3.63, 3.8) is 0 Å². The van der Waals surface area contributed by atoms with Crippen molar-refractivity contribution in [1.82, 2.24) is 14.8 Å². The van der Waals surface area contributed by atoms with Crippen LogP contribution in [0.25, 0.3) is 5.69 Å². The minimum Gasteiger partial charge on any atom is -0.216 e. The van der Waals surface area contributed by atoms with E-state index in [1.807, 2.05) is 22.9 Å². The van der Waals surface area contributed by atoms with Gasteiger partial charge in [0.25, 0.3) is 0 Å². The van der Waals surface area contributed by atoms with Crippen LogP contribution in [0.15, 0.2) is 35.5 Å². The first-order valence-electron chi connectivity index (χ1n) is 6.03. The van der Waals surface area contributed by atoms with E-state index < -0.39 is 0 Å². The van der Waals surface area contributed by atoms with Crippen molar-refractivity contribution in [2.45, 2.75) is 30.8 Å². The molecule has 2 aromatic rings. The zero-order valence-electron chi connectivity index (χ0n) is 9.84. The molecule has 0 aliphatic heterocycles. The van der Waals surface area contributed by atoms with Crippen molar-refractivity contribution >= 4 is 11.8 Å². The van der Waals surface area contributed by atoms with Crippen molar-refractivity contribution in [1.29, 1.82) is 0 Å². The molecule has 0 spiro atoms. The van der Waals surface area contributed by atoms with Crippen molar-refractivity contribution in [3.8, 4) is 5.69 Å². The molecule has 1 saturated carbocycles. The van der Waals surface area contributed by atoms with E-state index in [1.165, 1.54) is 12.8 Å². The maximum atomic E-state index is 4.65. The third-order valence-corrected chi connectivity index (χ3v) is 3.55. The summed E-state index contributed by atoms with van der Waals surface area (Å²) in [5, 5.41) is 5.50. The van der Waals surface area contributed by atoms with Crippen molar-refractivity contribution in [2.75, 3.05) is 5.75 Å². The van der Waals surface area contributed by atoms with Crippen LogP contribution < -0.4 is 0 Å². The molecule has 1 aromatic heterocycles. The Kier molecular flexibility index (Phi) is 2.89. The molecule has 1 aliphatic rings. The third kappa shape index (κ3) is 2.22. The van der Waals surface area contributed by atoms with Gasteiger partial charge >= 0.3 is 0 Å². The molecule has 0 saturated heterocycles. The summed E-state index contributed by atoms with van der Waals surface area (Å²) in [5.41, 5.74) is 1.12. The fraction of sp³-hybridized carbons (Fsp3) is 0.385. The fourth-order valence-corrected chi connectivity index (χ4v) is 2.42. The lowest BCUT2D eigenvalue weighted by atomic mass is 10.3. The minimum absolute atomic E-state index is 0.619. The average Bonchev–Trinajstić information content (AvgIpc) is 3.13. The average molecular weight is 245 g/mol. The second-order valence-corrected chi connectivity index (χ2v) is 5.44. The number of rotatable bonds is 4. The Labute approximate surface area is 105 Å². The van der Waals surface area contributed by atoms with Gasteiger partial charge in [0, 0.05) is 5.92 Å². The van der Waals surface area contributed by atoms with Gasteiger partial charge < -0.3 is 0 Å². The second-order valence-electron chi connectivity index (χ2n) is 4.21. The van der Waals surface area contributed by atoms with E-state index >= 15 is 0 Å². The number of benzene rings is 1. The normalized spacial score (nSPS) is 15.1. The van der Waals surface area contributed by atoms with Crippen LogP contribution in [-0.4, -0.2) is 20.5 Å². The van der Waals surface area contributed by atoms with Gasteiger partial charge in [0.15, 0.2) is 0 Å². The lowest BCUT2D eigenvalue weighted by Crippen LogP contribution is -2.01. The number of thioether (sulfide) groups is 1. The summed E-state index contributed by atoms with van der Waals surface area (Å²) >= 11 is 1.71. The van der Waals surface area contributed by atoms with Crippen LogP contribution in [0.2, 0.25) is 0 Å².